The predicted molar refractivity (Wildman–Crippen MR) is 27.3 cm³/mol. The average molecular weight is 128 g/mol. The zero-order valence-electron chi connectivity index (χ0n) is 4.58. The Balaban J connectivity index is 0. The van der Waals surface area contributed by atoms with Gasteiger partial charge in [-0.1, -0.05) is 0 Å². The largest absolute Gasteiger partial charge is 0.315 e. The van der Waals surface area contributed by atoms with Crippen LogP contribution in [-0.2, 0) is 14.3 Å². The fraction of sp³-hybridized carbons (Fsp3) is 0.500. The minimum atomic E-state index is -3.54. The second-order valence-corrected chi connectivity index (χ2v) is 2.45. The van der Waals surface area contributed by atoms with Crippen molar-refractivity contribution in [3.8, 4) is 6.26 Å². The van der Waals surface area contributed by atoms with Crippen molar-refractivity contribution in [2.75, 3.05) is 6.26 Å². The Hall–Kier alpha value is -0.163. The van der Waals surface area contributed by atoms with Crippen molar-refractivity contribution in [3.05, 3.63) is 0 Å². The van der Waals surface area contributed by atoms with Crippen molar-refractivity contribution in [1.82, 2.24) is 0 Å². The van der Waals surface area contributed by atoms with Crippen LogP contribution in [0.2, 0.25) is 0 Å². The van der Waals surface area contributed by atoms with Crippen molar-refractivity contribution in [3.63, 3.8) is 0 Å². The maximum absolute atomic E-state index is 9.79. The Morgan fingerprint density at radius 1 is 1.62 bits per heavy atom. The van der Waals surface area contributed by atoms with E-state index in [9.17, 15) is 8.42 Å². The molecule has 0 aliphatic carbocycles. The molecule has 0 aromatic carbocycles. The molecule has 0 fully saturated rings. The van der Waals surface area contributed by atoms with E-state index in [1.165, 1.54) is 0 Å². The van der Waals surface area contributed by atoms with Gasteiger partial charge >= 0.3 is 16.4 Å². The first kappa shape index (κ1) is 10.8. The maximum atomic E-state index is 9.79. The van der Waals surface area contributed by atoms with Gasteiger partial charge in [-0.25, -0.2) is 0 Å². The molecule has 0 saturated carbocycles. The second-order valence-electron chi connectivity index (χ2n) is 0.879. The summed E-state index contributed by atoms with van der Waals surface area (Å²) in [5.41, 5.74) is 0. The molecular weight excluding hydrogens is 125 g/mol. The van der Waals surface area contributed by atoms with E-state index < -0.39 is 10.1 Å². The fourth-order valence-corrected chi connectivity index (χ4v) is 0.203. The monoisotopic (exact) mass is 128 g/mol. The first-order chi connectivity index (χ1) is 3.06. The summed E-state index contributed by atoms with van der Waals surface area (Å²) < 4.78 is 23.1. The molecule has 0 amide bonds. The minimum absolute atomic E-state index is 0. The fourth-order valence-electron chi connectivity index (χ4n) is 0.0677. The summed E-state index contributed by atoms with van der Waals surface area (Å²) >= 11 is 0. The molecular formula is C2H3LiNO3S. The normalized spacial score (nSPS) is 8.50. The number of nitriles is 1. The molecule has 8 heavy (non-hydrogen) atoms. The van der Waals surface area contributed by atoms with E-state index in [1.807, 2.05) is 0 Å². The SMILES string of the molecule is CS(=O)(=O)OC#N.[Li]. The molecule has 41 valence electrons. The van der Waals surface area contributed by atoms with Crippen LogP contribution in [0.25, 0.3) is 0 Å². The van der Waals surface area contributed by atoms with Gasteiger partial charge in [-0.15, -0.1) is 5.26 Å². The van der Waals surface area contributed by atoms with Crippen LogP contribution < -0.4 is 0 Å². The van der Waals surface area contributed by atoms with Crippen LogP contribution >= 0.6 is 0 Å². The van der Waals surface area contributed by atoms with Gasteiger partial charge in [0.1, 0.15) is 0 Å². The van der Waals surface area contributed by atoms with Crippen LogP contribution in [-0.4, -0.2) is 33.5 Å². The molecule has 0 unspecified atom stereocenters. The third-order valence-corrected chi connectivity index (χ3v) is 0.566. The van der Waals surface area contributed by atoms with E-state index in [0.717, 1.165) is 12.5 Å². The van der Waals surface area contributed by atoms with Gasteiger partial charge < -0.3 is 4.18 Å². The van der Waals surface area contributed by atoms with Crippen LogP contribution in [0.3, 0.4) is 0 Å². The average Bonchev–Trinajstić information content (AvgIpc) is 1.30. The van der Waals surface area contributed by atoms with Crippen LogP contribution in [0, 0.1) is 11.5 Å². The molecule has 4 nitrogen and oxygen atoms in total. The van der Waals surface area contributed by atoms with Crippen LogP contribution in [0.1, 0.15) is 0 Å². The predicted octanol–water partition coefficient (Wildman–Crippen LogP) is -0.937. The Morgan fingerprint density at radius 3 is 2.00 bits per heavy atom. The molecule has 0 spiro atoms. The quantitative estimate of drug-likeness (QED) is 0.260. The van der Waals surface area contributed by atoms with E-state index in [1.54, 1.807) is 0 Å². The van der Waals surface area contributed by atoms with E-state index in [4.69, 9.17) is 5.26 Å². The molecule has 0 atom stereocenters. The Bertz CT molecular complexity index is 178. The first-order valence-electron chi connectivity index (χ1n) is 1.34. The zero-order valence-corrected chi connectivity index (χ0v) is 5.40. The molecule has 0 aliphatic rings. The van der Waals surface area contributed by atoms with Gasteiger partial charge in [-0.2, -0.15) is 8.42 Å². The van der Waals surface area contributed by atoms with Crippen LogP contribution in [0.15, 0.2) is 0 Å². The maximum Gasteiger partial charge on any atom is 0.315 e. The zero-order chi connectivity index (χ0) is 5.91. The molecule has 0 rings (SSSR count). The van der Waals surface area contributed by atoms with Crippen molar-refractivity contribution >= 4 is 29.0 Å². The molecule has 0 N–H and O–H groups in total. The van der Waals surface area contributed by atoms with E-state index in [2.05, 4.69) is 4.18 Å². The van der Waals surface area contributed by atoms with Crippen molar-refractivity contribution in [2.45, 2.75) is 0 Å². The van der Waals surface area contributed by atoms with Gasteiger partial charge in [0, 0.05) is 18.9 Å². The number of hydrogen-bond donors (Lipinski definition) is 0. The standard InChI is InChI=1S/C2H3NO3S.Li/c1-7(4,5)6-2-3;/h1H3;. The van der Waals surface area contributed by atoms with Gasteiger partial charge in [-0.3, -0.25) is 0 Å². The Labute approximate surface area is 59.7 Å². The van der Waals surface area contributed by atoms with Crippen molar-refractivity contribution < 1.29 is 12.6 Å². The van der Waals surface area contributed by atoms with E-state index in [0.29, 0.717) is 0 Å². The summed E-state index contributed by atoms with van der Waals surface area (Å²) in [6.07, 6.45) is 1.82. The first-order valence-corrected chi connectivity index (χ1v) is 3.15. The van der Waals surface area contributed by atoms with Crippen LogP contribution in [0.4, 0.5) is 0 Å². The summed E-state index contributed by atoms with van der Waals surface area (Å²) in [5, 5.41) is 7.55. The Morgan fingerprint density at radius 2 is 2.00 bits per heavy atom. The van der Waals surface area contributed by atoms with E-state index >= 15 is 0 Å². The number of rotatable bonds is 1. The van der Waals surface area contributed by atoms with Gasteiger partial charge in [0.05, 0.1) is 6.26 Å². The number of hydrogen-bond acceptors (Lipinski definition) is 4. The molecule has 0 aromatic heterocycles. The van der Waals surface area contributed by atoms with Crippen LogP contribution in [0.5, 0.6) is 0 Å². The minimum Gasteiger partial charge on any atom is -0.302 e. The van der Waals surface area contributed by atoms with Crippen molar-refractivity contribution in [1.29, 1.82) is 5.26 Å². The summed E-state index contributed by atoms with van der Waals surface area (Å²) in [6, 6.07) is 0. The number of nitrogens with zero attached hydrogens (tertiary/aromatic N) is 1. The summed E-state index contributed by atoms with van der Waals surface area (Å²) in [6.45, 7) is 0. The molecule has 0 saturated heterocycles. The summed E-state index contributed by atoms with van der Waals surface area (Å²) in [7, 11) is -3.54. The summed E-state index contributed by atoms with van der Waals surface area (Å²) in [5.74, 6) is 0. The molecule has 1 radical (unpaired) electrons. The summed E-state index contributed by atoms with van der Waals surface area (Å²) in [4.78, 5) is 0. The Kier molecular flexibility index (Phi) is 5.10. The third kappa shape index (κ3) is 9.28. The van der Waals surface area contributed by atoms with Gasteiger partial charge in [0.15, 0.2) is 0 Å². The van der Waals surface area contributed by atoms with Gasteiger partial charge in [-0.05, 0) is 0 Å². The molecule has 0 aromatic rings. The molecule has 0 bridgehead atoms. The van der Waals surface area contributed by atoms with Gasteiger partial charge in [0.25, 0.3) is 0 Å². The van der Waals surface area contributed by atoms with Crippen molar-refractivity contribution in [2.24, 2.45) is 0 Å². The molecule has 0 heterocycles. The molecule has 6 heteroatoms. The smallest absolute Gasteiger partial charge is 0.302 e. The third-order valence-electron chi connectivity index (χ3n) is 0.189. The van der Waals surface area contributed by atoms with Gasteiger partial charge in [0.2, 0.25) is 0 Å². The van der Waals surface area contributed by atoms with E-state index in [-0.39, 0.29) is 18.9 Å². The molecule has 0 aliphatic heterocycles. The second kappa shape index (κ2) is 3.79. The topological polar surface area (TPSA) is 67.2 Å².